The van der Waals surface area contributed by atoms with Crippen LogP contribution >= 0.6 is 12.2 Å². The largest absolute Gasteiger partial charge is 0.491 e. The number of carbonyl (C=O) groups excluding carboxylic acids is 1. The molecule has 1 heterocycles. The maximum atomic E-state index is 11.8. The van der Waals surface area contributed by atoms with E-state index in [0.29, 0.717) is 18.1 Å². The van der Waals surface area contributed by atoms with E-state index in [1.165, 1.54) is 0 Å². The van der Waals surface area contributed by atoms with Gasteiger partial charge >= 0.3 is 0 Å². The summed E-state index contributed by atoms with van der Waals surface area (Å²) in [5, 5.41) is 6.93. The SMILES string of the molecule is CC(C)Oc1cccc(CNC(=S)Nc2ccc(N3CCCC3=O)cc2)c1. The van der Waals surface area contributed by atoms with Gasteiger partial charge < -0.3 is 20.3 Å². The zero-order valence-corrected chi connectivity index (χ0v) is 16.5. The van der Waals surface area contributed by atoms with Crippen LogP contribution in [-0.2, 0) is 11.3 Å². The molecular weight excluding hydrogens is 358 g/mol. The second-order valence-electron chi connectivity index (χ2n) is 6.82. The van der Waals surface area contributed by atoms with Gasteiger partial charge in [0.25, 0.3) is 0 Å². The highest BCUT2D eigenvalue weighted by atomic mass is 32.1. The number of anilines is 2. The number of ether oxygens (including phenoxy) is 1. The Bertz CT molecular complexity index is 805. The summed E-state index contributed by atoms with van der Waals surface area (Å²) in [5.41, 5.74) is 2.92. The van der Waals surface area contributed by atoms with Crippen molar-refractivity contribution in [2.45, 2.75) is 39.3 Å². The van der Waals surface area contributed by atoms with Crippen molar-refractivity contribution in [1.29, 1.82) is 0 Å². The lowest BCUT2D eigenvalue weighted by atomic mass is 10.2. The van der Waals surface area contributed by atoms with E-state index in [-0.39, 0.29) is 12.0 Å². The van der Waals surface area contributed by atoms with Crippen LogP contribution in [0.25, 0.3) is 0 Å². The number of hydrogen-bond donors (Lipinski definition) is 2. The average molecular weight is 384 g/mol. The van der Waals surface area contributed by atoms with E-state index in [9.17, 15) is 4.79 Å². The minimum Gasteiger partial charge on any atom is -0.491 e. The zero-order valence-electron chi connectivity index (χ0n) is 15.7. The van der Waals surface area contributed by atoms with Crippen LogP contribution in [0.4, 0.5) is 11.4 Å². The van der Waals surface area contributed by atoms with Gasteiger partial charge in [0.05, 0.1) is 6.10 Å². The maximum absolute atomic E-state index is 11.8. The fourth-order valence-electron chi connectivity index (χ4n) is 3.00. The fourth-order valence-corrected chi connectivity index (χ4v) is 3.19. The number of nitrogens with one attached hydrogen (secondary N) is 2. The van der Waals surface area contributed by atoms with Gasteiger partial charge in [-0.05, 0) is 74.4 Å². The van der Waals surface area contributed by atoms with Crippen LogP contribution in [0.2, 0.25) is 0 Å². The highest BCUT2D eigenvalue weighted by Crippen LogP contribution is 2.23. The second kappa shape index (κ2) is 8.86. The number of hydrogen-bond acceptors (Lipinski definition) is 3. The van der Waals surface area contributed by atoms with Gasteiger partial charge in [0, 0.05) is 30.9 Å². The standard InChI is InChI=1S/C21H25N3O2S/c1-15(2)26-19-6-3-5-16(13-19)14-22-21(27)23-17-8-10-18(11-9-17)24-12-4-7-20(24)25/h3,5-6,8-11,13,15H,4,7,12,14H2,1-2H3,(H2,22,23,27). The highest BCUT2D eigenvalue weighted by molar-refractivity contribution is 7.80. The van der Waals surface area contributed by atoms with Gasteiger partial charge in [-0.15, -0.1) is 0 Å². The molecule has 1 amide bonds. The Morgan fingerprint density at radius 1 is 1.22 bits per heavy atom. The van der Waals surface area contributed by atoms with E-state index < -0.39 is 0 Å². The van der Waals surface area contributed by atoms with E-state index in [2.05, 4.69) is 10.6 Å². The van der Waals surface area contributed by atoms with Crippen molar-refractivity contribution in [3.05, 3.63) is 54.1 Å². The van der Waals surface area contributed by atoms with Crippen LogP contribution in [0, 0.1) is 0 Å². The van der Waals surface area contributed by atoms with Gasteiger partial charge in [0.1, 0.15) is 5.75 Å². The summed E-state index contributed by atoms with van der Waals surface area (Å²) in [6, 6.07) is 15.7. The first-order valence-corrected chi connectivity index (χ1v) is 9.63. The Morgan fingerprint density at radius 3 is 2.67 bits per heavy atom. The molecule has 0 radical (unpaired) electrons. The Kier molecular flexibility index (Phi) is 6.29. The molecule has 2 aromatic carbocycles. The Balaban J connectivity index is 1.51. The smallest absolute Gasteiger partial charge is 0.227 e. The molecule has 2 N–H and O–H groups in total. The van der Waals surface area contributed by atoms with Crippen molar-refractivity contribution >= 4 is 34.6 Å². The predicted molar refractivity (Wildman–Crippen MR) is 113 cm³/mol. The first-order chi connectivity index (χ1) is 13.0. The summed E-state index contributed by atoms with van der Waals surface area (Å²) in [7, 11) is 0. The number of amides is 1. The van der Waals surface area contributed by atoms with Crippen LogP contribution in [-0.4, -0.2) is 23.7 Å². The highest BCUT2D eigenvalue weighted by Gasteiger charge is 2.21. The second-order valence-corrected chi connectivity index (χ2v) is 7.23. The Morgan fingerprint density at radius 2 is 2.00 bits per heavy atom. The first-order valence-electron chi connectivity index (χ1n) is 9.22. The zero-order chi connectivity index (χ0) is 19.2. The molecule has 27 heavy (non-hydrogen) atoms. The lowest BCUT2D eigenvalue weighted by Gasteiger charge is -2.17. The van der Waals surface area contributed by atoms with Gasteiger partial charge in [-0.25, -0.2) is 0 Å². The van der Waals surface area contributed by atoms with Crippen LogP contribution in [0.15, 0.2) is 48.5 Å². The molecule has 6 heteroatoms. The number of thiocarbonyl (C=S) groups is 1. The van der Waals surface area contributed by atoms with Crippen molar-refractivity contribution in [1.82, 2.24) is 5.32 Å². The van der Waals surface area contributed by atoms with Crippen LogP contribution in [0.1, 0.15) is 32.3 Å². The van der Waals surface area contributed by atoms with Crippen molar-refractivity contribution < 1.29 is 9.53 Å². The first kappa shape index (κ1) is 19.2. The molecule has 1 aliphatic heterocycles. The monoisotopic (exact) mass is 383 g/mol. The van der Waals surface area contributed by atoms with Crippen molar-refractivity contribution in [3.8, 4) is 5.75 Å². The van der Waals surface area contributed by atoms with Crippen LogP contribution in [0.3, 0.4) is 0 Å². The Hall–Kier alpha value is -2.60. The molecule has 0 unspecified atom stereocenters. The molecule has 0 bridgehead atoms. The third kappa shape index (κ3) is 5.44. The number of nitrogens with zero attached hydrogens (tertiary/aromatic N) is 1. The van der Waals surface area contributed by atoms with E-state index in [1.807, 2.05) is 67.3 Å². The van der Waals surface area contributed by atoms with Crippen molar-refractivity contribution in [2.24, 2.45) is 0 Å². The molecular formula is C21H25N3O2S. The molecule has 1 aliphatic rings. The normalized spacial score (nSPS) is 13.7. The molecule has 5 nitrogen and oxygen atoms in total. The lowest BCUT2D eigenvalue weighted by molar-refractivity contribution is -0.117. The van der Waals surface area contributed by atoms with E-state index in [1.54, 1.807) is 0 Å². The summed E-state index contributed by atoms with van der Waals surface area (Å²) in [6.07, 6.45) is 1.71. The topological polar surface area (TPSA) is 53.6 Å². The van der Waals surface area contributed by atoms with Crippen LogP contribution in [0.5, 0.6) is 5.75 Å². The molecule has 2 aromatic rings. The molecule has 0 aliphatic carbocycles. The summed E-state index contributed by atoms with van der Waals surface area (Å²) in [4.78, 5) is 13.6. The summed E-state index contributed by atoms with van der Waals surface area (Å²) in [6.45, 7) is 5.43. The van der Waals surface area contributed by atoms with Gasteiger partial charge in [0.15, 0.2) is 5.11 Å². The molecule has 142 valence electrons. The average Bonchev–Trinajstić information content (AvgIpc) is 3.06. The lowest BCUT2D eigenvalue weighted by Crippen LogP contribution is -2.28. The molecule has 0 saturated carbocycles. The van der Waals surface area contributed by atoms with E-state index >= 15 is 0 Å². The minimum atomic E-state index is 0.148. The maximum Gasteiger partial charge on any atom is 0.227 e. The quantitative estimate of drug-likeness (QED) is 0.736. The number of benzene rings is 2. The molecule has 1 fully saturated rings. The molecule has 0 spiro atoms. The van der Waals surface area contributed by atoms with Crippen molar-refractivity contribution in [2.75, 3.05) is 16.8 Å². The van der Waals surface area contributed by atoms with Gasteiger partial charge in [0.2, 0.25) is 5.91 Å². The third-order valence-corrected chi connectivity index (χ3v) is 4.48. The molecule has 3 rings (SSSR count). The van der Waals surface area contributed by atoms with Crippen LogP contribution < -0.4 is 20.3 Å². The Labute approximate surface area is 165 Å². The van der Waals surface area contributed by atoms with Gasteiger partial charge in [-0.3, -0.25) is 4.79 Å². The molecule has 0 atom stereocenters. The van der Waals surface area contributed by atoms with Gasteiger partial charge in [-0.1, -0.05) is 12.1 Å². The summed E-state index contributed by atoms with van der Waals surface area (Å²) >= 11 is 5.38. The molecule has 0 aromatic heterocycles. The van der Waals surface area contributed by atoms with Gasteiger partial charge in [-0.2, -0.15) is 0 Å². The van der Waals surface area contributed by atoms with Crippen molar-refractivity contribution in [3.63, 3.8) is 0 Å². The van der Waals surface area contributed by atoms with E-state index in [4.69, 9.17) is 17.0 Å². The minimum absolute atomic E-state index is 0.148. The summed E-state index contributed by atoms with van der Waals surface area (Å²) < 4.78 is 5.71. The van der Waals surface area contributed by atoms with E-state index in [0.717, 1.165) is 35.7 Å². The third-order valence-electron chi connectivity index (χ3n) is 4.23. The fraction of sp³-hybridized carbons (Fsp3) is 0.333. The predicted octanol–water partition coefficient (Wildman–Crippen LogP) is 4.09. The number of carbonyl (C=O) groups is 1. The summed E-state index contributed by atoms with van der Waals surface area (Å²) in [5.74, 6) is 1.05. The number of rotatable bonds is 6. The molecule has 1 saturated heterocycles.